The van der Waals surface area contributed by atoms with Crippen LogP contribution < -0.4 is 11.1 Å². The van der Waals surface area contributed by atoms with Crippen LogP contribution in [0.4, 0.5) is 5.69 Å². The molecule has 5 nitrogen and oxygen atoms in total. The van der Waals surface area contributed by atoms with Gasteiger partial charge in [-0.3, -0.25) is 9.78 Å². The SMILES string of the molecule is Nc1c(C(=O)NCc2ccncc2)sc2ncccc12. The third-order valence-electron chi connectivity index (χ3n) is 2.91. The Morgan fingerprint density at radius 1 is 1.25 bits per heavy atom. The summed E-state index contributed by atoms with van der Waals surface area (Å²) in [6, 6.07) is 7.39. The van der Waals surface area contributed by atoms with Gasteiger partial charge in [0, 0.05) is 30.5 Å². The minimum Gasteiger partial charge on any atom is -0.397 e. The molecule has 100 valence electrons. The summed E-state index contributed by atoms with van der Waals surface area (Å²) >= 11 is 1.31. The summed E-state index contributed by atoms with van der Waals surface area (Å²) in [4.78, 5) is 21.6. The van der Waals surface area contributed by atoms with Crippen LogP contribution in [0.15, 0.2) is 42.9 Å². The number of carbonyl (C=O) groups excluding carboxylic acids is 1. The molecule has 3 heterocycles. The second-order valence-corrected chi connectivity index (χ2v) is 5.24. The van der Waals surface area contributed by atoms with Gasteiger partial charge in [-0.25, -0.2) is 4.98 Å². The summed E-state index contributed by atoms with van der Waals surface area (Å²) in [6.07, 6.45) is 5.08. The van der Waals surface area contributed by atoms with Gasteiger partial charge in [-0.2, -0.15) is 0 Å². The number of nitrogens with two attached hydrogens (primary N) is 1. The molecule has 6 heteroatoms. The summed E-state index contributed by atoms with van der Waals surface area (Å²) in [5.74, 6) is -0.178. The fraction of sp³-hybridized carbons (Fsp3) is 0.0714. The number of anilines is 1. The van der Waals surface area contributed by atoms with Crippen molar-refractivity contribution in [3.8, 4) is 0 Å². The topological polar surface area (TPSA) is 80.9 Å². The molecule has 0 bridgehead atoms. The molecule has 0 spiro atoms. The fourth-order valence-electron chi connectivity index (χ4n) is 1.88. The van der Waals surface area contributed by atoms with E-state index in [4.69, 9.17) is 5.73 Å². The molecule has 3 rings (SSSR count). The Morgan fingerprint density at radius 3 is 2.80 bits per heavy atom. The maximum atomic E-state index is 12.2. The van der Waals surface area contributed by atoms with Crippen molar-refractivity contribution in [2.24, 2.45) is 0 Å². The van der Waals surface area contributed by atoms with Crippen molar-refractivity contribution in [1.29, 1.82) is 0 Å². The first-order valence-electron chi connectivity index (χ1n) is 6.06. The predicted octanol–water partition coefficient (Wildman–Crippen LogP) is 2.20. The number of thiophene rings is 1. The highest BCUT2D eigenvalue weighted by atomic mass is 32.1. The van der Waals surface area contributed by atoms with Gasteiger partial charge in [0.2, 0.25) is 0 Å². The van der Waals surface area contributed by atoms with Crippen LogP contribution in [-0.2, 0) is 6.54 Å². The minimum atomic E-state index is -0.178. The van der Waals surface area contributed by atoms with Crippen LogP contribution in [0.25, 0.3) is 10.2 Å². The first-order valence-corrected chi connectivity index (χ1v) is 6.87. The maximum Gasteiger partial charge on any atom is 0.263 e. The van der Waals surface area contributed by atoms with E-state index >= 15 is 0 Å². The van der Waals surface area contributed by atoms with E-state index in [-0.39, 0.29) is 5.91 Å². The van der Waals surface area contributed by atoms with Gasteiger partial charge in [-0.05, 0) is 29.8 Å². The van der Waals surface area contributed by atoms with Crippen molar-refractivity contribution in [2.75, 3.05) is 5.73 Å². The normalized spacial score (nSPS) is 10.6. The van der Waals surface area contributed by atoms with Gasteiger partial charge in [-0.15, -0.1) is 11.3 Å². The van der Waals surface area contributed by atoms with Crippen LogP contribution in [0.3, 0.4) is 0 Å². The van der Waals surface area contributed by atoms with Crippen LogP contribution in [0, 0.1) is 0 Å². The van der Waals surface area contributed by atoms with Crippen molar-refractivity contribution in [3.05, 3.63) is 53.3 Å². The molecular formula is C14H12N4OS. The number of hydrogen-bond acceptors (Lipinski definition) is 5. The molecule has 0 unspecified atom stereocenters. The number of pyridine rings is 2. The summed E-state index contributed by atoms with van der Waals surface area (Å²) in [5.41, 5.74) is 7.49. The lowest BCUT2D eigenvalue weighted by Gasteiger charge is -2.04. The number of fused-ring (bicyclic) bond motifs is 1. The zero-order chi connectivity index (χ0) is 13.9. The molecule has 3 N–H and O–H groups in total. The zero-order valence-corrected chi connectivity index (χ0v) is 11.4. The van der Waals surface area contributed by atoms with Gasteiger partial charge < -0.3 is 11.1 Å². The molecule has 0 atom stereocenters. The van der Waals surface area contributed by atoms with Crippen LogP contribution >= 0.6 is 11.3 Å². The molecular weight excluding hydrogens is 272 g/mol. The molecule has 0 aliphatic carbocycles. The number of amides is 1. The molecule has 0 aliphatic heterocycles. The van der Waals surface area contributed by atoms with Gasteiger partial charge in [0.1, 0.15) is 9.71 Å². The lowest BCUT2D eigenvalue weighted by atomic mass is 10.2. The third kappa shape index (κ3) is 2.33. The third-order valence-corrected chi connectivity index (χ3v) is 4.04. The summed E-state index contributed by atoms with van der Waals surface area (Å²) < 4.78 is 0. The minimum absolute atomic E-state index is 0.178. The van der Waals surface area contributed by atoms with E-state index in [0.717, 1.165) is 15.8 Å². The number of nitrogen functional groups attached to an aromatic ring is 1. The van der Waals surface area contributed by atoms with Gasteiger partial charge in [-0.1, -0.05) is 0 Å². The van der Waals surface area contributed by atoms with E-state index < -0.39 is 0 Å². The Bertz CT molecular complexity index is 754. The van der Waals surface area contributed by atoms with Crippen molar-refractivity contribution in [3.63, 3.8) is 0 Å². The average Bonchev–Trinajstić information content (AvgIpc) is 2.84. The monoisotopic (exact) mass is 284 g/mol. The van der Waals surface area contributed by atoms with Crippen molar-refractivity contribution in [1.82, 2.24) is 15.3 Å². The first kappa shape index (κ1) is 12.6. The van der Waals surface area contributed by atoms with Gasteiger partial charge in [0.25, 0.3) is 5.91 Å². The number of nitrogens with zero attached hydrogens (tertiary/aromatic N) is 2. The molecule has 0 radical (unpaired) electrons. The lowest BCUT2D eigenvalue weighted by molar-refractivity contribution is 0.0956. The Labute approximate surface area is 119 Å². The lowest BCUT2D eigenvalue weighted by Crippen LogP contribution is -2.22. The second kappa shape index (κ2) is 5.26. The summed E-state index contributed by atoms with van der Waals surface area (Å²) in [6.45, 7) is 0.447. The molecule has 20 heavy (non-hydrogen) atoms. The molecule has 0 saturated carbocycles. The number of hydrogen-bond donors (Lipinski definition) is 2. The van der Waals surface area contributed by atoms with E-state index in [1.165, 1.54) is 11.3 Å². The van der Waals surface area contributed by atoms with E-state index in [1.807, 2.05) is 24.3 Å². The average molecular weight is 284 g/mol. The van der Waals surface area contributed by atoms with Crippen LogP contribution in [-0.4, -0.2) is 15.9 Å². The van der Waals surface area contributed by atoms with Crippen LogP contribution in [0.2, 0.25) is 0 Å². The van der Waals surface area contributed by atoms with Crippen molar-refractivity contribution < 1.29 is 4.79 Å². The Kier molecular flexibility index (Phi) is 3.30. The highest BCUT2D eigenvalue weighted by Crippen LogP contribution is 2.31. The molecule has 0 aliphatic rings. The fourth-order valence-corrected chi connectivity index (χ4v) is 2.86. The number of rotatable bonds is 3. The molecule has 3 aromatic rings. The molecule has 0 aromatic carbocycles. The largest absolute Gasteiger partial charge is 0.397 e. The summed E-state index contributed by atoms with van der Waals surface area (Å²) in [7, 11) is 0. The van der Waals surface area contributed by atoms with E-state index in [0.29, 0.717) is 17.1 Å². The predicted molar refractivity (Wildman–Crippen MR) is 79.4 cm³/mol. The van der Waals surface area contributed by atoms with Gasteiger partial charge >= 0.3 is 0 Å². The van der Waals surface area contributed by atoms with Crippen molar-refractivity contribution in [2.45, 2.75) is 6.54 Å². The van der Waals surface area contributed by atoms with E-state index in [2.05, 4.69) is 15.3 Å². The second-order valence-electron chi connectivity index (χ2n) is 4.24. The van der Waals surface area contributed by atoms with Crippen LogP contribution in [0.5, 0.6) is 0 Å². The molecule has 0 saturated heterocycles. The number of aromatic nitrogens is 2. The Balaban J connectivity index is 1.81. The highest BCUT2D eigenvalue weighted by molar-refractivity contribution is 7.21. The highest BCUT2D eigenvalue weighted by Gasteiger charge is 2.16. The van der Waals surface area contributed by atoms with Gasteiger partial charge in [0.15, 0.2) is 0 Å². The number of carbonyl (C=O) groups is 1. The van der Waals surface area contributed by atoms with E-state index in [9.17, 15) is 4.79 Å². The van der Waals surface area contributed by atoms with Crippen molar-refractivity contribution >= 4 is 33.1 Å². The molecule has 3 aromatic heterocycles. The Morgan fingerprint density at radius 2 is 2.05 bits per heavy atom. The smallest absolute Gasteiger partial charge is 0.263 e. The maximum absolute atomic E-state index is 12.2. The zero-order valence-electron chi connectivity index (χ0n) is 10.5. The number of nitrogens with one attached hydrogen (secondary N) is 1. The molecule has 0 fully saturated rings. The Hall–Kier alpha value is -2.47. The van der Waals surface area contributed by atoms with Gasteiger partial charge in [0.05, 0.1) is 5.69 Å². The summed E-state index contributed by atoms with van der Waals surface area (Å²) in [5, 5.41) is 3.68. The van der Waals surface area contributed by atoms with Crippen LogP contribution in [0.1, 0.15) is 15.2 Å². The quantitative estimate of drug-likeness (QED) is 0.772. The first-order chi connectivity index (χ1) is 9.75. The standard InChI is InChI=1S/C14H12N4OS/c15-11-10-2-1-5-17-14(10)20-12(11)13(19)18-8-9-3-6-16-7-4-9/h1-7H,8,15H2,(H,18,19). The van der Waals surface area contributed by atoms with E-state index in [1.54, 1.807) is 18.6 Å². The molecule has 1 amide bonds.